The Morgan fingerprint density at radius 2 is 1.87 bits per heavy atom. The molecule has 2 aromatic rings. The molecule has 0 radical (unpaired) electrons. The van der Waals surface area contributed by atoms with Gasteiger partial charge in [-0.05, 0) is 42.0 Å². The van der Waals surface area contributed by atoms with Gasteiger partial charge in [-0.2, -0.15) is 5.10 Å². The lowest BCUT2D eigenvalue weighted by Crippen LogP contribution is -2.30. The summed E-state index contributed by atoms with van der Waals surface area (Å²) < 4.78 is 0.966. The van der Waals surface area contributed by atoms with Gasteiger partial charge in [0.25, 0.3) is 0 Å². The Morgan fingerprint density at radius 3 is 2.52 bits per heavy atom. The fourth-order valence-corrected chi connectivity index (χ4v) is 2.82. The smallest absolute Gasteiger partial charge is 0.306 e. The standard InChI is InChI=1S/C17H15BrClN3O/c1-11-10-22(17(23)20-15-8-4-13(18)5-9-15)21-16(11)12-2-6-14(19)7-3-12/h2-9,11H,10H2,1H3,(H,20,23). The first-order valence-corrected chi connectivity index (χ1v) is 8.38. The van der Waals surface area contributed by atoms with E-state index < -0.39 is 0 Å². The van der Waals surface area contributed by atoms with Crippen LogP contribution in [0.3, 0.4) is 0 Å². The Balaban J connectivity index is 1.74. The summed E-state index contributed by atoms with van der Waals surface area (Å²) >= 11 is 9.29. The number of hydrazone groups is 1. The van der Waals surface area contributed by atoms with Gasteiger partial charge in [-0.1, -0.05) is 46.6 Å². The van der Waals surface area contributed by atoms with E-state index in [2.05, 4.69) is 33.3 Å². The predicted octanol–water partition coefficient (Wildman–Crippen LogP) is 4.99. The highest BCUT2D eigenvalue weighted by Gasteiger charge is 2.27. The van der Waals surface area contributed by atoms with Gasteiger partial charge < -0.3 is 5.32 Å². The number of carbonyl (C=O) groups is 1. The van der Waals surface area contributed by atoms with Gasteiger partial charge in [-0.25, -0.2) is 9.80 Å². The predicted molar refractivity (Wildman–Crippen MR) is 97.0 cm³/mol. The molecule has 2 amide bonds. The van der Waals surface area contributed by atoms with Crippen LogP contribution in [0.5, 0.6) is 0 Å². The number of nitrogens with one attached hydrogen (secondary N) is 1. The van der Waals surface area contributed by atoms with Crippen molar-refractivity contribution in [1.82, 2.24) is 5.01 Å². The molecule has 6 heteroatoms. The topological polar surface area (TPSA) is 44.7 Å². The highest BCUT2D eigenvalue weighted by atomic mass is 79.9. The van der Waals surface area contributed by atoms with Crippen molar-refractivity contribution in [2.24, 2.45) is 11.0 Å². The normalized spacial score (nSPS) is 17.1. The first-order chi connectivity index (χ1) is 11.0. The molecule has 0 fully saturated rings. The maximum atomic E-state index is 12.4. The number of rotatable bonds is 2. The van der Waals surface area contributed by atoms with Gasteiger partial charge >= 0.3 is 6.03 Å². The van der Waals surface area contributed by atoms with Crippen LogP contribution in [0.1, 0.15) is 12.5 Å². The lowest BCUT2D eigenvalue weighted by Gasteiger charge is -2.13. The van der Waals surface area contributed by atoms with E-state index in [4.69, 9.17) is 11.6 Å². The van der Waals surface area contributed by atoms with Crippen LogP contribution in [-0.2, 0) is 0 Å². The third-order valence-corrected chi connectivity index (χ3v) is 4.39. The molecule has 4 nitrogen and oxygen atoms in total. The van der Waals surface area contributed by atoms with Crippen LogP contribution in [0.2, 0.25) is 5.02 Å². The largest absolute Gasteiger partial charge is 0.342 e. The number of anilines is 1. The van der Waals surface area contributed by atoms with Crippen molar-refractivity contribution in [2.45, 2.75) is 6.92 Å². The van der Waals surface area contributed by atoms with E-state index in [1.165, 1.54) is 5.01 Å². The molecule has 2 aromatic carbocycles. The minimum Gasteiger partial charge on any atom is -0.306 e. The molecule has 1 aliphatic heterocycles. The lowest BCUT2D eigenvalue weighted by atomic mass is 10.00. The van der Waals surface area contributed by atoms with Crippen LogP contribution in [0.4, 0.5) is 10.5 Å². The highest BCUT2D eigenvalue weighted by Crippen LogP contribution is 2.22. The summed E-state index contributed by atoms with van der Waals surface area (Å²) in [6, 6.07) is 14.7. The van der Waals surface area contributed by atoms with Crippen LogP contribution in [-0.4, -0.2) is 23.3 Å². The molecule has 0 saturated carbocycles. The molecule has 0 bridgehead atoms. The molecule has 3 rings (SSSR count). The minimum absolute atomic E-state index is 0.173. The van der Waals surface area contributed by atoms with E-state index in [-0.39, 0.29) is 11.9 Å². The third kappa shape index (κ3) is 3.74. The fraction of sp³-hybridized carbons (Fsp3) is 0.176. The summed E-state index contributed by atoms with van der Waals surface area (Å²) in [6.45, 7) is 2.61. The van der Waals surface area contributed by atoms with Crippen LogP contribution in [0, 0.1) is 5.92 Å². The second-order valence-corrected chi connectivity index (χ2v) is 6.76. The van der Waals surface area contributed by atoms with Crippen molar-refractivity contribution >= 4 is 45.0 Å². The quantitative estimate of drug-likeness (QED) is 0.769. The number of amides is 2. The van der Waals surface area contributed by atoms with Gasteiger partial charge in [0.2, 0.25) is 0 Å². The zero-order chi connectivity index (χ0) is 16.4. The highest BCUT2D eigenvalue weighted by molar-refractivity contribution is 9.10. The maximum Gasteiger partial charge on any atom is 0.342 e. The summed E-state index contributed by atoms with van der Waals surface area (Å²) in [4.78, 5) is 12.4. The molecule has 1 N–H and O–H groups in total. The van der Waals surface area contributed by atoms with Crippen molar-refractivity contribution < 1.29 is 4.79 Å². The Labute approximate surface area is 148 Å². The zero-order valence-corrected chi connectivity index (χ0v) is 14.8. The molecule has 0 aliphatic carbocycles. The molecule has 0 spiro atoms. The van der Waals surface area contributed by atoms with Gasteiger partial charge in [0, 0.05) is 21.1 Å². The van der Waals surface area contributed by atoms with Crippen LogP contribution < -0.4 is 5.32 Å². The molecule has 0 saturated heterocycles. The van der Waals surface area contributed by atoms with Crippen molar-refractivity contribution in [2.75, 3.05) is 11.9 Å². The van der Waals surface area contributed by atoms with Crippen molar-refractivity contribution in [3.8, 4) is 0 Å². The Bertz CT molecular complexity index is 743. The molecule has 1 unspecified atom stereocenters. The van der Waals surface area contributed by atoms with E-state index in [0.29, 0.717) is 11.6 Å². The number of urea groups is 1. The Hall–Kier alpha value is -1.85. The summed E-state index contributed by atoms with van der Waals surface area (Å²) in [5, 5.41) is 9.47. The van der Waals surface area contributed by atoms with Crippen molar-refractivity contribution in [3.63, 3.8) is 0 Å². The molecule has 0 aromatic heterocycles. The molecular weight excluding hydrogens is 378 g/mol. The molecule has 1 heterocycles. The number of hydrogen-bond acceptors (Lipinski definition) is 2. The van der Waals surface area contributed by atoms with Gasteiger partial charge in [0.1, 0.15) is 0 Å². The molecule has 23 heavy (non-hydrogen) atoms. The maximum absolute atomic E-state index is 12.4. The first kappa shape index (κ1) is 16.0. The number of carbonyl (C=O) groups excluding carboxylic acids is 1. The number of hydrogen-bond donors (Lipinski definition) is 1. The van der Waals surface area contributed by atoms with E-state index in [0.717, 1.165) is 21.4 Å². The molecular formula is C17H15BrClN3O. The monoisotopic (exact) mass is 391 g/mol. The molecule has 1 aliphatic rings. The van der Waals surface area contributed by atoms with E-state index in [1.807, 2.05) is 48.5 Å². The molecule has 118 valence electrons. The van der Waals surface area contributed by atoms with E-state index in [9.17, 15) is 4.79 Å². The van der Waals surface area contributed by atoms with Gasteiger partial charge in [0.05, 0.1) is 12.3 Å². The zero-order valence-electron chi connectivity index (χ0n) is 12.5. The van der Waals surface area contributed by atoms with Crippen molar-refractivity contribution in [1.29, 1.82) is 0 Å². The summed E-state index contributed by atoms with van der Waals surface area (Å²) in [7, 11) is 0. The van der Waals surface area contributed by atoms with Gasteiger partial charge in [-0.3, -0.25) is 0 Å². The summed E-state index contributed by atoms with van der Waals surface area (Å²) in [5.74, 6) is 0.173. The first-order valence-electron chi connectivity index (χ1n) is 7.21. The van der Waals surface area contributed by atoms with Crippen LogP contribution in [0.25, 0.3) is 0 Å². The number of halogens is 2. The average Bonchev–Trinajstić information content (AvgIpc) is 2.92. The Morgan fingerprint density at radius 1 is 1.22 bits per heavy atom. The van der Waals surface area contributed by atoms with Crippen LogP contribution in [0.15, 0.2) is 58.1 Å². The fourth-order valence-electron chi connectivity index (χ4n) is 2.43. The van der Waals surface area contributed by atoms with Crippen molar-refractivity contribution in [3.05, 3.63) is 63.6 Å². The molecule has 1 atom stereocenters. The van der Waals surface area contributed by atoms with Gasteiger partial charge in [0.15, 0.2) is 0 Å². The second-order valence-electron chi connectivity index (χ2n) is 5.41. The van der Waals surface area contributed by atoms with Crippen LogP contribution >= 0.6 is 27.5 Å². The second kappa shape index (κ2) is 6.72. The summed E-state index contributed by atoms with van der Waals surface area (Å²) in [5.41, 5.74) is 2.62. The summed E-state index contributed by atoms with van der Waals surface area (Å²) in [6.07, 6.45) is 0. The number of nitrogens with zero attached hydrogens (tertiary/aromatic N) is 2. The van der Waals surface area contributed by atoms with E-state index >= 15 is 0 Å². The minimum atomic E-state index is -0.233. The van der Waals surface area contributed by atoms with Gasteiger partial charge in [-0.15, -0.1) is 0 Å². The third-order valence-electron chi connectivity index (χ3n) is 3.61. The number of benzene rings is 2. The lowest BCUT2D eigenvalue weighted by molar-refractivity contribution is 0.216. The Kier molecular flexibility index (Phi) is 4.68. The van der Waals surface area contributed by atoms with E-state index in [1.54, 1.807) is 0 Å². The average molecular weight is 393 g/mol. The SMILES string of the molecule is CC1CN(C(=O)Nc2ccc(Br)cc2)N=C1c1ccc(Cl)cc1.